The van der Waals surface area contributed by atoms with E-state index in [1.54, 1.807) is 17.0 Å². The molecule has 7 nitrogen and oxygen atoms in total. The van der Waals surface area contributed by atoms with Crippen molar-refractivity contribution in [2.24, 2.45) is 0 Å². The lowest BCUT2D eigenvalue weighted by Gasteiger charge is -2.23. The number of aryl methyl sites for hydroxylation is 1. The number of halogens is 3. The Balaban J connectivity index is 1.45. The highest BCUT2D eigenvalue weighted by molar-refractivity contribution is 7.13. The van der Waals surface area contributed by atoms with Crippen LogP contribution in [0.25, 0.3) is 0 Å². The zero-order valence-corrected chi connectivity index (χ0v) is 18.4. The molecule has 1 atom stereocenters. The van der Waals surface area contributed by atoms with Crippen molar-refractivity contribution in [2.45, 2.75) is 25.8 Å². The summed E-state index contributed by atoms with van der Waals surface area (Å²) in [5.41, 5.74) is 1.32. The fourth-order valence-corrected chi connectivity index (χ4v) is 4.43. The molecular weight excluding hydrogens is 460 g/mol. The molecule has 0 aliphatic carbocycles. The predicted molar refractivity (Wildman–Crippen MR) is 118 cm³/mol. The number of likely N-dealkylation sites (tertiary alicyclic amines) is 1. The molecule has 1 saturated heterocycles. The quantitative estimate of drug-likeness (QED) is 0.526. The minimum Gasteiger partial charge on any atom is -0.317 e. The highest BCUT2D eigenvalue weighted by Crippen LogP contribution is 2.34. The first-order chi connectivity index (χ1) is 15.3. The molecule has 1 aliphatic heterocycles. The summed E-state index contributed by atoms with van der Waals surface area (Å²) in [6.07, 6.45) is 1.44. The lowest BCUT2D eigenvalue weighted by atomic mass is 10.2. The number of carbonyl (C=O) groups excluding carboxylic acids is 2. The zero-order valence-electron chi connectivity index (χ0n) is 16.9. The van der Waals surface area contributed by atoms with Crippen LogP contribution in [0.5, 0.6) is 0 Å². The minimum atomic E-state index is -0.891. The Morgan fingerprint density at radius 1 is 1.16 bits per heavy atom. The second-order valence-corrected chi connectivity index (χ2v) is 8.69. The van der Waals surface area contributed by atoms with Gasteiger partial charge in [-0.2, -0.15) is 0 Å². The molecule has 1 aliphatic rings. The lowest BCUT2D eigenvalue weighted by Crippen LogP contribution is -2.34. The van der Waals surface area contributed by atoms with Crippen LogP contribution >= 0.6 is 22.9 Å². The monoisotopic (exact) mass is 477 g/mol. The zero-order chi connectivity index (χ0) is 22.8. The summed E-state index contributed by atoms with van der Waals surface area (Å²) in [5, 5.41) is 14.2. The molecule has 1 aromatic heterocycles. The standard InChI is InChI=1S/C21H18ClF2N5O2S/c1-11-4-6-13(10-14(11)22)25-21(31)29-8-2-3-17(29)19-27-28-20(32-19)18(30)26-16-7-5-12(23)9-15(16)24/h4-7,9-10,17H,2-3,8H2,1H3,(H,25,31)(H,26,30)/t17-/m1/s1. The minimum absolute atomic E-state index is 0.0151. The Hall–Kier alpha value is -3.11. The van der Waals surface area contributed by atoms with Crippen molar-refractivity contribution in [3.63, 3.8) is 0 Å². The number of carbonyl (C=O) groups is 2. The number of anilines is 2. The summed E-state index contributed by atoms with van der Waals surface area (Å²) in [5.74, 6) is -2.30. The SMILES string of the molecule is Cc1ccc(NC(=O)N2CCC[C@@H]2c2nnc(C(=O)Nc3ccc(F)cc3F)s2)cc1Cl. The van der Waals surface area contributed by atoms with Gasteiger partial charge in [-0.1, -0.05) is 29.0 Å². The van der Waals surface area contributed by atoms with E-state index in [9.17, 15) is 18.4 Å². The molecule has 0 bridgehead atoms. The highest BCUT2D eigenvalue weighted by atomic mass is 35.5. The van der Waals surface area contributed by atoms with Gasteiger partial charge in [-0.05, 0) is 49.6 Å². The normalized spacial score (nSPS) is 15.6. The molecule has 3 amide bonds. The van der Waals surface area contributed by atoms with E-state index in [2.05, 4.69) is 20.8 Å². The van der Waals surface area contributed by atoms with Gasteiger partial charge >= 0.3 is 6.03 Å². The van der Waals surface area contributed by atoms with Crippen LogP contribution in [0, 0.1) is 18.6 Å². The number of nitrogens with zero attached hydrogens (tertiary/aromatic N) is 3. The first-order valence-corrected chi connectivity index (χ1v) is 10.9. The summed E-state index contributed by atoms with van der Waals surface area (Å²) < 4.78 is 26.8. The molecule has 4 rings (SSSR count). The van der Waals surface area contributed by atoms with Crippen LogP contribution in [0.2, 0.25) is 5.02 Å². The van der Waals surface area contributed by atoms with Crippen LogP contribution in [0.3, 0.4) is 0 Å². The van der Waals surface area contributed by atoms with Crippen LogP contribution in [-0.4, -0.2) is 33.6 Å². The summed E-state index contributed by atoms with van der Waals surface area (Å²) in [4.78, 5) is 26.9. The van der Waals surface area contributed by atoms with Crippen LogP contribution in [0.1, 0.15) is 39.3 Å². The molecule has 2 N–H and O–H groups in total. The van der Waals surface area contributed by atoms with E-state index in [4.69, 9.17) is 11.6 Å². The van der Waals surface area contributed by atoms with Crippen molar-refractivity contribution >= 4 is 46.3 Å². The number of rotatable bonds is 4. The van der Waals surface area contributed by atoms with Gasteiger partial charge in [0, 0.05) is 23.3 Å². The maximum Gasteiger partial charge on any atom is 0.322 e. The molecular formula is C21H18ClF2N5O2S. The summed E-state index contributed by atoms with van der Waals surface area (Å²) in [6, 6.07) is 7.48. The van der Waals surface area contributed by atoms with Gasteiger partial charge in [0.1, 0.15) is 16.6 Å². The fraction of sp³-hybridized carbons (Fsp3) is 0.238. The molecule has 1 fully saturated rings. The molecule has 32 heavy (non-hydrogen) atoms. The van der Waals surface area contributed by atoms with Crippen LogP contribution < -0.4 is 10.6 Å². The molecule has 3 aromatic rings. The Morgan fingerprint density at radius 3 is 2.72 bits per heavy atom. The number of amides is 3. The fourth-order valence-electron chi connectivity index (χ4n) is 3.36. The van der Waals surface area contributed by atoms with E-state index in [-0.39, 0.29) is 22.8 Å². The van der Waals surface area contributed by atoms with Gasteiger partial charge in [0.25, 0.3) is 5.91 Å². The first-order valence-electron chi connectivity index (χ1n) is 9.75. The van der Waals surface area contributed by atoms with Crippen molar-refractivity contribution < 1.29 is 18.4 Å². The van der Waals surface area contributed by atoms with Gasteiger partial charge < -0.3 is 15.5 Å². The maximum atomic E-state index is 13.8. The number of urea groups is 1. The molecule has 11 heteroatoms. The number of hydrogen-bond acceptors (Lipinski definition) is 5. The van der Waals surface area contributed by atoms with E-state index in [1.165, 1.54) is 0 Å². The molecule has 2 aromatic carbocycles. The third-order valence-corrected chi connectivity index (χ3v) is 6.47. The van der Waals surface area contributed by atoms with Gasteiger partial charge in [-0.15, -0.1) is 10.2 Å². The molecule has 0 saturated carbocycles. The van der Waals surface area contributed by atoms with Crippen molar-refractivity contribution in [2.75, 3.05) is 17.2 Å². The van der Waals surface area contributed by atoms with E-state index in [1.807, 2.05) is 13.0 Å². The second-order valence-electron chi connectivity index (χ2n) is 7.27. The smallest absolute Gasteiger partial charge is 0.317 e. The third-order valence-electron chi connectivity index (χ3n) is 5.04. The van der Waals surface area contributed by atoms with Gasteiger partial charge in [0.05, 0.1) is 11.7 Å². The first kappa shape index (κ1) is 22.1. The molecule has 0 unspecified atom stereocenters. The number of benzene rings is 2. The molecule has 166 valence electrons. The topological polar surface area (TPSA) is 87.2 Å². The van der Waals surface area contributed by atoms with Crippen molar-refractivity contribution in [1.29, 1.82) is 0 Å². The van der Waals surface area contributed by atoms with Crippen molar-refractivity contribution in [3.8, 4) is 0 Å². The lowest BCUT2D eigenvalue weighted by molar-refractivity contribution is 0.102. The summed E-state index contributed by atoms with van der Waals surface area (Å²) in [7, 11) is 0. The number of aromatic nitrogens is 2. The highest BCUT2D eigenvalue weighted by Gasteiger charge is 2.33. The Morgan fingerprint density at radius 2 is 1.97 bits per heavy atom. The predicted octanol–water partition coefficient (Wildman–Crippen LogP) is 5.40. The van der Waals surface area contributed by atoms with Crippen LogP contribution in [-0.2, 0) is 0 Å². The van der Waals surface area contributed by atoms with E-state index in [0.29, 0.717) is 34.7 Å². The number of nitrogens with one attached hydrogen (secondary N) is 2. The summed E-state index contributed by atoms with van der Waals surface area (Å²) in [6.45, 7) is 2.40. The van der Waals surface area contributed by atoms with E-state index < -0.39 is 17.5 Å². The van der Waals surface area contributed by atoms with E-state index in [0.717, 1.165) is 35.5 Å². The Kier molecular flexibility index (Phi) is 6.33. The second kappa shape index (κ2) is 9.17. The third kappa shape index (κ3) is 4.71. The largest absolute Gasteiger partial charge is 0.322 e. The Labute approximate surface area is 191 Å². The van der Waals surface area contributed by atoms with Crippen LogP contribution in [0.4, 0.5) is 25.0 Å². The van der Waals surface area contributed by atoms with Gasteiger partial charge in [-0.25, -0.2) is 13.6 Å². The molecule has 0 spiro atoms. The maximum absolute atomic E-state index is 13.8. The summed E-state index contributed by atoms with van der Waals surface area (Å²) >= 11 is 7.15. The van der Waals surface area contributed by atoms with Crippen LogP contribution in [0.15, 0.2) is 36.4 Å². The van der Waals surface area contributed by atoms with Gasteiger partial charge in [0.2, 0.25) is 5.01 Å². The Bertz CT molecular complexity index is 1190. The van der Waals surface area contributed by atoms with Crippen molar-refractivity contribution in [3.05, 3.63) is 68.6 Å². The average Bonchev–Trinajstić information content (AvgIpc) is 3.42. The van der Waals surface area contributed by atoms with Crippen molar-refractivity contribution in [1.82, 2.24) is 15.1 Å². The van der Waals surface area contributed by atoms with E-state index >= 15 is 0 Å². The van der Waals surface area contributed by atoms with Gasteiger partial charge in [0.15, 0.2) is 0 Å². The average molecular weight is 478 g/mol. The molecule has 0 radical (unpaired) electrons. The molecule has 2 heterocycles. The van der Waals surface area contributed by atoms with Gasteiger partial charge in [-0.3, -0.25) is 4.79 Å². The number of hydrogen-bond donors (Lipinski definition) is 2.